The predicted molar refractivity (Wildman–Crippen MR) is 52.5 cm³/mol. The van der Waals surface area contributed by atoms with E-state index in [1.54, 1.807) is 0 Å². The lowest BCUT2D eigenvalue weighted by molar-refractivity contribution is -0.120. The van der Waals surface area contributed by atoms with E-state index in [-0.39, 0.29) is 13.0 Å². The van der Waals surface area contributed by atoms with Crippen molar-refractivity contribution in [3.8, 4) is 0 Å². The minimum Gasteiger partial charge on any atom is -0.742 e. The summed E-state index contributed by atoms with van der Waals surface area (Å²) in [7, 11) is -9.33. The zero-order valence-corrected chi connectivity index (χ0v) is 10.5. The number of nitrogens with one attached hydrogen (secondary N) is 1. The quantitative estimate of drug-likeness (QED) is 0.434. The van der Waals surface area contributed by atoms with Gasteiger partial charge in [0.05, 0.1) is 25.4 Å². The molecule has 1 saturated heterocycles. The lowest BCUT2D eigenvalue weighted by Gasteiger charge is -2.33. The SMILES string of the molecule is N=S(=O)([O-])OC1COC(COS(=O)(=O)[O-])CC1O. The summed E-state index contributed by atoms with van der Waals surface area (Å²) in [6.07, 6.45) is -3.58. The Morgan fingerprint density at radius 1 is 1.39 bits per heavy atom. The Hall–Kier alpha value is -0.340. The highest BCUT2D eigenvalue weighted by Gasteiger charge is 2.32. The molecule has 1 fully saturated rings. The van der Waals surface area contributed by atoms with Crippen LogP contribution in [-0.2, 0) is 33.8 Å². The van der Waals surface area contributed by atoms with Gasteiger partial charge in [-0.25, -0.2) is 17.4 Å². The molecular weight excluding hydrogens is 294 g/mol. The van der Waals surface area contributed by atoms with E-state index in [0.717, 1.165) is 0 Å². The number of ether oxygens (including phenoxy) is 1. The maximum atomic E-state index is 10.5. The van der Waals surface area contributed by atoms with E-state index in [1.165, 1.54) is 0 Å². The van der Waals surface area contributed by atoms with Gasteiger partial charge in [-0.2, -0.15) is 0 Å². The summed E-state index contributed by atoms with van der Waals surface area (Å²) in [4.78, 5) is 0. The summed E-state index contributed by atoms with van der Waals surface area (Å²) in [6.45, 7) is -0.949. The number of hydrogen-bond acceptors (Lipinski definition) is 10. The summed E-state index contributed by atoms with van der Waals surface area (Å²) in [5.41, 5.74) is 0. The third kappa shape index (κ3) is 6.01. The lowest BCUT2D eigenvalue weighted by atomic mass is 10.0. The summed E-state index contributed by atoms with van der Waals surface area (Å²) >= 11 is 0. The molecular formula is C6H11NO9S2-2. The van der Waals surface area contributed by atoms with Crippen LogP contribution in [0.25, 0.3) is 0 Å². The molecule has 1 aliphatic rings. The first-order valence-corrected chi connectivity index (χ1v) is 7.39. The highest BCUT2D eigenvalue weighted by atomic mass is 32.3. The lowest BCUT2D eigenvalue weighted by Crippen LogP contribution is -2.45. The van der Waals surface area contributed by atoms with Gasteiger partial charge in [0.2, 0.25) is 10.4 Å². The normalized spacial score (nSPS) is 32.9. The molecule has 4 atom stereocenters. The van der Waals surface area contributed by atoms with Gasteiger partial charge in [-0.15, -0.1) is 0 Å². The molecule has 1 rings (SSSR count). The average Bonchev–Trinajstić information content (AvgIpc) is 2.15. The van der Waals surface area contributed by atoms with Crippen LogP contribution in [0, 0.1) is 4.78 Å². The highest BCUT2D eigenvalue weighted by Crippen LogP contribution is 2.19. The van der Waals surface area contributed by atoms with Gasteiger partial charge in [0.25, 0.3) is 0 Å². The van der Waals surface area contributed by atoms with E-state index in [4.69, 9.17) is 9.52 Å². The minimum absolute atomic E-state index is 0.185. The van der Waals surface area contributed by atoms with Gasteiger partial charge in [-0.05, 0) is 0 Å². The third-order valence-electron chi connectivity index (χ3n) is 2.08. The molecule has 1 aliphatic heterocycles. The number of rotatable bonds is 5. The summed E-state index contributed by atoms with van der Waals surface area (Å²) < 4.78 is 71.2. The van der Waals surface area contributed by atoms with Crippen molar-refractivity contribution in [1.29, 1.82) is 4.78 Å². The van der Waals surface area contributed by atoms with Crippen LogP contribution in [0.3, 0.4) is 0 Å². The largest absolute Gasteiger partial charge is 0.742 e. The van der Waals surface area contributed by atoms with Gasteiger partial charge in [-0.1, -0.05) is 0 Å². The first-order chi connectivity index (χ1) is 8.07. The van der Waals surface area contributed by atoms with Crippen LogP contribution in [-0.4, -0.2) is 58.4 Å². The van der Waals surface area contributed by atoms with Crippen LogP contribution in [0.2, 0.25) is 0 Å². The van der Waals surface area contributed by atoms with E-state index < -0.39 is 45.6 Å². The van der Waals surface area contributed by atoms with Crippen LogP contribution in [0.15, 0.2) is 0 Å². The Labute approximate surface area is 104 Å². The minimum atomic E-state index is -4.85. The van der Waals surface area contributed by atoms with Crippen molar-refractivity contribution in [2.45, 2.75) is 24.7 Å². The summed E-state index contributed by atoms with van der Waals surface area (Å²) in [5.74, 6) is 0. The second-order valence-corrected chi connectivity index (χ2v) is 5.69. The van der Waals surface area contributed by atoms with Crippen LogP contribution < -0.4 is 0 Å². The molecule has 12 heteroatoms. The molecule has 0 saturated carbocycles. The van der Waals surface area contributed by atoms with E-state index in [9.17, 15) is 26.8 Å². The third-order valence-corrected chi connectivity index (χ3v) is 3.00. The maximum Gasteiger partial charge on any atom is 0.217 e. The number of aliphatic hydroxyl groups is 1. The van der Waals surface area contributed by atoms with Crippen molar-refractivity contribution in [3.63, 3.8) is 0 Å². The Bertz CT molecular complexity index is 471. The zero-order valence-electron chi connectivity index (χ0n) is 8.88. The summed E-state index contributed by atoms with van der Waals surface area (Å²) in [6, 6.07) is 0. The Balaban J connectivity index is 2.46. The molecule has 0 spiro atoms. The van der Waals surface area contributed by atoms with Gasteiger partial charge in [0.1, 0.15) is 16.4 Å². The van der Waals surface area contributed by atoms with Gasteiger partial charge in [-0.3, -0.25) is 8.37 Å². The predicted octanol–water partition coefficient (Wildman–Crippen LogP) is -1.91. The fourth-order valence-electron chi connectivity index (χ4n) is 1.36. The Morgan fingerprint density at radius 2 is 2.00 bits per heavy atom. The van der Waals surface area contributed by atoms with Crippen LogP contribution in [0.5, 0.6) is 0 Å². The average molecular weight is 305 g/mol. The molecule has 0 aromatic rings. The number of aliphatic hydroxyl groups excluding tert-OH is 1. The highest BCUT2D eigenvalue weighted by molar-refractivity contribution is 7.81. The molecule has 0 aliphatic carbocycles. The molecule has 0 amide bonds. The van der Waals surface area contributed by atoms with Crippen molar-refractivity contribution in [2.75, 3.05) is 13.2 Å². The van der Waals surface area contributed by atoms with Gasteiger partial charge < -0.3 is 18.9 Å². The van der Waals surface area contributed by atoms with Crippen molar-refractivity contribution in [1.82, 2.24) is 0 Å². The molecule has 2 N–H and O–H groups in total. The topological polar surface area (TPSA) is 169 Å². The zero-order chi connectivity index (χ0) is 14.0. The van der Waals surface area contributed by atoms with Crippen molar-refractivity contribution >= 4 is 20.7 Å². The van der Waals surface area contributed by atoms with Gasteiger partial charge in [0.15, 0.2) is 0 Å². The van der Waals surface area contributed by atoms with Gasteiger partial charge in [0, 0.05) is 6.42 Å². The molecule has 10 nitrogen and oxygen atoms in total. The summed E-state index contributed by atoms with van der Waals surface area (Å²) in [5, 5.41) is 9.50. The van der Waals surface area contributed by atoms with E-state index in [2.05, 4.69) is 8.37 Å². The molecule has 0 radical (unpaired) electrons. The monoisotopic (exact) mass is 305 g/mol. The van der Waals surface area contributed by atoms with E-state index in [1.807, 2.05) is 0 Å². The molecule has 0 bridgehead atoms. The Kier molecular flexibility index (Phi) is 5.02. The molecule has 0 aromatic heterocycles. The van der Waals surface area contributed by atoms with Crippen LogP contribution >= 0.6 is 0 Å². The Morgan fingerprint density at radius 3 is 2.44 bits per heavy atom. The van der Waals surface area contributed by atoms with Crippen molar-refractivity contribution < 1.29 is 39.9 Å². The van der Waals surface area contributed by atoms with Gasteiger partial charge >= 0.3 is 0 Å². The molecule has 4 unspecified atom stereocenters. The number of hydrogen-bond donors (Lipinski definition) is 2. The second kappa shape index (κ2) is 5.75. The van der Waals surface area contributed by atoms with Crippen LogP contribution in [0.1, 0.15) is 6.42 Å². The fraction of sp³-hybridized carbons (Fsp3) is 1.00. The molecule has 18 heavy (non-hydrogen) atoms. The van der Waals surface area contributed by atoms with Crippen molar-refractivity contribution in [2.24, 2.45) is 0 Å². The van der Waals surface area contributed by atoms with E-state index in [0.29, 0.717) is 0 Å². The van der Waals surface area contributed by atoms with E-state index >= 15 is 0 Å². The van der Waals surface area contributed by atoms with Crippen LogP contribution in [0.4, 0.5) is 0 Å². The van der Waals surface area contributed by atoms with Crippen molar-refractivity contribution in [3.05, 3.63) is 0 Å². The first kappa shape index (κ1) is 15.7. The smallest absolute Gasteiger partial charge is 0.217 e. The molecule has 0 aromatic carbocycles. The second-order valence-electron chi connectivity index (χ2n) is 3.54. The first-order valence-electron chi connectivity index (χ1n) is 4.64. The molecule has 1 heterocycles. The molecule has 108 valence electrons. The standard InChI is InChI=1S/C6H13NO9S2/c7-17(9,10)16-6-3-14-4(1-5(6)8)2-15-18(11,12)13/h4-6,8H,1-3H2,(H2,7,9,10)(H,11,12,13)/p-2. The maximum absolute atomic E-state index is 10.5. The fourth-order valence-corrected chi connectivity index (χ4v) is 2.19.